The molecule has 0 saturated heterocycles. The van der Waals surface area contributed by atoms with E-state index in [1.54, 1.807) is 10.8 Å². The van der Waals surface area contributed by atoms with Crippen LogP contribution in [0, 0.1) is 6.92 Å². The van der Waals surface area contributed by atoms with Gasteiger partial charge in [0.25, 0.3) is 12.0 Å². The largest absolute Gasteiger partial charge is 0.773 e. The summed E-state index contributed by atoms with van der Waals surface area (Å²) in [5, 5.41) is 8.95. The van der Waals surface area contributed by atoms with Crippen molar-refractivity contribution in [2.24, 2.45) is 0 Å². The molecule has 0 atom stereocenters. The highest BCUT2D eigenvalue weighted by Crippen LogP contribution is 2.16. The van der Waals surface area contributed by atoms with E-state index < -0.39 is 0 Å². The van der Waals surface area contributed by atoms with Crippen LogP contribution in [0.4, 0.5) is 0 Å². The first kappa shape index (κ1) is 13.0. The lowest BCUT2D eigenvalue weighted by Crippen LogP contribution is -2.28. The van der Waals surface area contributed by atoms with Crippen LogP contribution in [-0.2, 0) is 25.6 Å². The number of nitrogens with zero attached hydrogens (tertiary/aromatic N) is 4. The van der Waals surface area contributed by atoms with Gasteiger partial charge >= 0.3 is 0 Å². The van der Waals surface area contributed by atoms with Crippen molar-refractivity contribution in [3.8, 4) is 0 Å². The third-order valence-electron chi connectivity index (χ3n) is 3.46. The maximum absolute atomic E-state index is 5.62. The second-order valence-corrected chi connectivity index (χ2v) is 5.20. The van der Waals surface area contributed by atoms with Gasteiger partial charge in [0.1, 0.15) is 6.54 Å². The van der Waals surface area contributed by atoms with Crippen LogP contribution in [-0.4, -0.2) is 14.9 Å². The highest BCUT2D eigenvalue weighted by atomic mass is 32.1. The molecule has 1 aromatic carbocycles. The average Bonchev–Trinajstić information content (AvgIpc) is 2.83. The van der Waals surface area contributed by atoms with Crippen LogP contribution in [0.15, 0.2) is 41.6 Å². The number of rotatable bonds is 3. The Morgan fingerprint density at radius 3 is 2.70 bits per heavy atom. The highest BCUT2D eigenvalue weighted by Gasteiger charge is 2.16. The van der Waals surface area contributed by atoms with Crippen LogP contribution in [0.3, 0.4) is 0 Å². The molecule has 3 rings (SSSR count). The van der Waals surface area contributed by atoms with Crippen molar-refractivity contribution in [1.82, 2.24) is 14.9 Å². The molecule has 0 amide bonds. The molecule has 20 heavy (non-hydrogen) atoms. The van der Waals surface area contributed by atoms with Crippen molar-refractivity contribution in [2.75, 3.05) is 0 Å². The molecule has 2 heterocycles. The Kier molecular flexibility index (Phi) is 3.36. The van der Waals surface area contributed by atoms with Crippen molar-refractivity contribution in [3.05, 3.63) is 53.5 Å². The molecule has 3 aromatic rings. The van der Waals surface area contributed by atoms with Crippen LogP contribution < -0.4 is 4.52 Å². The molecule has 0 spiro atoms. The number of aryl methyl sites for hydroxylation is 1. The number of benzene rings is 1. The third-order valence-corrected chi connectivity index (χ3v) is 3.89. The normalized spacial score (nSPS) is 11.1. The predicted octanol–water partition coefficient (Wildman–Crippen LogP) is 1.84. The summed E-state index contributed by atoms with van der Waals surface area (Å²) in [5.74, 6) is 0. The van der Waals surface area contributed by atoms with Gasteiger partial charge in [-0.2, -0.15) is 0 Å². The fourth-order valence-corrected chi connectivity index (χ4v) is 2.93. The van der Waals surface area contributed by atoms with E-state index in [-0.39, 0.29) is 0 Å². The summed E-state index contributed by atoms with van der Waals surface area (Å²) in [6.07, 6.45) is 2.62. The Labute approximate surface area is 123 Å². The van der Waals surface area contributed by atoms with Gasteiger partial charge in [0.15, 0.2) is 0 Å². The zero-order valence-electron chi connectivity index (χ0n) is 11.6. The monoisotopic (exact) mass is 284 g/mol. The van der Waals surface area contributed by atoms with Crippen molar-refractivity contribution >= 4 is 18.3 Å². The fraction of sp³-hybridized carbons (Fsp3) is 0.267. The van der Waals surface area contributed by atoms with E-state index in [0.717, 1.165) is 28.2 Å². The van der Waals surface area contributed by atoms with Crippen molar-refractivity contribution in [3.63, 3.8) is 0 Å². The standard InChI is InChI=1S/C15H16N4S/c1-3-13-11(2)17-19-10-16-18(15(19)14(13)20)9-12-7-5-4-6-8-12/h4-8,10H,3,9H2,1-2H3. The molecule has 0 N–H and O–H groups in total. The summed E-state index contributed by atoms with van der Waals surface area (Å²) in [5.41, 5.74) is 4.21. The minimum absolute atomic E-state index is 0.703. The maximum atomic E-state index is 5.62. The number of aromatic nitrogens is 4. The first-order valence-corrected chi connectivity index (χ1v) is 7.09. The first-order chi connectivity index (χ1) is 9.70. The average molecular weight is 284 g/mol. The molecule has 5 heteroatoms. The van der Waals surface area contributed by atoms with Gasteiger partial charge in [-0.15, -0.1) is 14.3 Å². The van der Waals surface area contributed by atoms with Gasteiger partial charge in [0, 0.05) is 5.10 Å². The predicted molar refractivity (Wildman–Crippen MR) is 78.5 cm³/mol. The molecular weight excluding hydrogens is 268 g/mol. The lowest BCUT2D eigenvalue weighted by molar-refractivity contribution is -0.583. The second kappa shape index (κ2) is 5.17. The van der Waals surface area contributed by atoms with Gasteiger partial charge in [-0.25, -0.2) is 0 Å². The summed E-state index contributed by atoms with van der Waals surface area (Å²) in [6.45, 7) is 4.80. The molecular formula is C15H16N4S. The number of hydrogen-bond donors (Lipinski definition) is 0. The quantitative estimate of drug-likeness (QED) is 0.544. The Balaban J connectivity index is 2.13. The zero-order chi connectivity index (χ0) is 14.1. The van der Waals surface area contributed by atoms with E-state index in [2.05, 4.69) is 29.3 Å². The van der Waals surface area contributed by atoms with Crippen LogP contribution in [0.5, 0.6) is 0 Å². The molecule has 0 unspecified atom stereocenters. The molecule has 0 aliphatic rings. The Morgan fingerprint density at radius 2 is 2.00 bits per heavy atom. The minimum Gasteiger partial charge on any atom is -0.773 e. The van der Waals surface area contributed by atoms with Crippen LogP contribution in [0.25, 0.3) is 5.65 Å². The number of fused-ring (bicyclic) bond motifs is 1. The molecule has 102 valence electrons. The molecule has 0 aliphatic carbocycles. The van der Waals surface area contributed by atoms with Gasteiger partial charge in [0.05, 0.1) is 5.69 Å². The van der Waals surface area contributed by atoms with E-state index in [1.165, 1.54) is 5.56 Å². The third kappa shape index (κ3) is 2.14. The maximum Gasteiger partial charge on any atom is 0.289 e. The fourth-order valence-electron chi connectivity index (χ4n) is 2.44. The van der Waals surface area contributed by atoms with Gasteiger partial charge < -0.3 is 12.6 Å². The summed E-state index contributed by atoms with van der Waals surface area (Å²) < 4.78 is 3.70. The summed E-state index contributed by atoms with van der Waals surface area (Å²) >= 11 is 5.62. The first-order valence-electron chi connectivity index (χ1n) is 6.68. The Morgan fingerprint density at radius 1 is 1.25 bits per heavy atom. The topological polar surface area (TPSA) is 34.8 Å². The molecule has 4 nitrogen and oxygen atoms in total. The van der Waals surface area contributed by atoms with Crippen molar-refractivity contribution < 1.29 is 4.52 Å². The van der Waals surface area contributed by atoms with E-state index >= 15 is 0 Å². The van der Waals surface area contributed by atoms with E-state index in [9.17, 15) is 0 Å². The second-order valence-electron chi connectivity index (χ2n) is 4.79. The van der Waals surface area contributed by atoms with Gasteiger partial charge in [0.2, 0.25) is 0 Å². The molecule has 0 aliphatic heterocycles. The minimum atomic E-state index is 0.703. The van der Waals surface area contributed by atoms with Gasteiger partial charge in [-0.05, 0) is 24.5 Å². The van der Waals surface area contributed by atoms with Gasteiger partial charge in [-0.1, -0.05) is 42.2 Å². The molecule has 0 radical (unpaired) electrons. The van der Waals surface area contributed by atoms with Gasteiger partial charge in [-0.3, -0.25) is 0 Å². The number of hydrogen-bond acceptors (Lipinski definition) is 3. The van der Waals surface area contributed by atoms with Crippen LogP contribution >= 0.6 is 0 Å². The van der Waals surface area contributed by atoms with E-state index in [4.69, 9.17) is 12.6 Å². The molecule has 0 bridgehead atoms. The smallest absolute Gasteiger partial charge is 0.289 e. The lowest BCUT2D eigenvalue weighted by atomic mass is 10.1. The molecule has 2 aromatic heterocycles. The zero-order valence-corrected chi connectivity index (χ0v) is 12.4. The Bertz CT molecular complexity index is 749. The lowest BCUT2D eigenvalue weighted by Gasteiger charge is -2.13. The van der Waals surface area contributed by atoms with Crippen molar-refractivity contribution in [2.45, 2.75) is 31.7 Å². The summed E-state index contributed by atoms with van der Waals surface area (Å²) in [6, 6.07) is 10.2. The van der Waals surface area contributed by atoms with Crippen LogP contribution in [0.2, 0.25) is 0 Å². The van der Waals surface area contributed by atoms with Crippen molar-refractivity contribution in [1.29, 1.82) is 0 Å². The molecule has 0 saturated carbocycles. The summed E-state index contributed by atoms with van der Waals surface area (Å²) in [4.78, 5) is 0.855. The van der Waals surface area contributed by atoms with Crippen LogP contribution in [0.1, 0.15) is 23.7 Å². The summed E-state index contributed by atoms with van der Waals surface area (Å²) in [7, 11) is 0. The Hall–Kier alpha value is -2.01. The highest BCUT2D eigenvalue weighted by molar-refractivity contribution is 7.59. The van der Waals surface area contributed by atoms with E-state index in [1.807, 2.05) is 29.8 Å². The van der Waals surface area contributed by atoms with E-state index in [0.29, 0.717) is 6.54 Å². The molecule has 0 fully saturated rings. The SMILES string of the molecule is CCc1c(C)n[n+]2cnn(Cc3ccccc3)c2c1[S-].